The van der Waals surface area contributed by atoms with Crippen molar-refractivity contribution in [2.45, 2.75) is 24.3 Å². The summed E-state index contributed by atoms with van der Waals surface area (Å²) < 4.78 is 30.6. The van der Waals surface area contributed by atoms with E-state index in [0.717, 1.165) is 10.2 Å². The van der Waals surface area contributed by atoms with Gasteiger partial charge in [-0.05, 0) is 43.2 Å². The lowest BCUT2D eigenvalue weighted by Crippen LogP contribution is -2.47. The van der Waals surface area contributed by atoms with E-state index in [1.807, 2.05) is 36.5 Å². The summed E-state index contributed by atoms with van der Waals surface area (Å²) in [5.74, 6) is -0.531. The highest BCUT2D eigenvalue weighted by Gasteiger charge is 2.36. The number of para-hydroxylation sites is 1. The second-order valence-electron chi connectivity index (χ2n) is 8.24. The van der Waals surface area contributed by atoms with E-state index in [4.69, 9.17) is 4.98 Å². The van der Waals surface area contributed by atoms with Gasteiger partial charge in [-0.1, -0.05) is 41.7 Å². The number of hydrogen-bond donors (Lipinski definition) is 0. The molecule has 4 aromatic rings. The molecule has 1 fully saturated rings. The zero-order valence-corrected chi connectivity index (χ0v) is 20.2. The van der Waals surface area contributed by atoms with Gasteiger partial charge in [0.1, 0.15) is 0 Å². The Morgan fingerprint density at radius 2 is 1.88 bits per heavy atom. The molecule has 1 unspecified atom stereocenters. The van der Waals surface area contributed by atoms with Crippen molar-refractivity contribution < 1.29 is 13.2 Å². The van der Waals surface area contributed by atoms with Crippen molar-refractivity contribution in [1.82, 2.24) is 19.1 Å². The quantitative estimate of drug-likeness (QED) is 0.391. The Hall–Kier alpha value is -3.08. The predicted octanol–water partition coefficient (Wildman–Crippen LogP) is 3.63. The van der Waals surface area contributed by atoms with E-state index in [9.17, 15) is 13.2 Å². The molecule has 10 heteroatoms. The van der Waals surface area contributed by atoms with Crippen LogP contribution in [0.4, 0.5) is 5.13 Å². The molecular formula is C24H25N5O3S2. The molecule has 3 heterocycles. The lowest BCUT2D eigenvalue weighted by molar-refractivity contribution is -0.123. The number of piperidine rings is 1. The highest BCUT2D eigenvalue weighted by molar-refractivity contribution is 7.89. The van der Waals surface area contributed by atoms with Crippen molar-refractivity contribution >= 4 is 42.6 Å². The van der Waals surface area contributed by atoms with E-state index in [1.165, 1.54) is 15.6 Å². The van der Waals surface area contributed by atoms with Crippen LogP contribution in [0.3, 0.4) is 0 Å². The maximum atomic E-state index is 13.8. The summed E-state index contributed by atoms with van der Waals surface area (Å²) in [6.45, 7) is 1.50. The highest BCUT2D eigenvalue weighted by Crippen LogP contribution is 2.31. The third-order valence-corrected chi connectivity index (χ3v) is 8.94. The Labute approximate surface area is 202 Å². The molecular weight excluding hydrogens is 470 g/mol. The minimum absolute atomic E-state index is 0.0980. The summed E-state index contributed by atoms with van der Waals surface area (Å²) in [5, 5.41) is 4.87. The number of thiazole rings is 1. The predicted molar refractivity (Wildman–Crippen MR) is 132 cm³/mol. The van der Waals surface area contributed by atoms with Crippen LogP contribution in [0, 0.1) is 5.92 Å². The first kappa shape index (κ1) is 22.7. The van der Waals surface area contributed by atoms with Crippen LogP contribution < -0.4 is 4.90 Å². The number of fused-ring (bicyclic) bond motifs is 1. The van der Waals surface area contributed by atoms with Gasteiger partial charge in [0.2, 0.25) is 15.9 Å². The van der Waals surface area contributed by atoms with Crippen molar-refractivity contribution in [2.24, 2.45) is 5.92 Å². The van der Waals surface area contributed by atoms with Crippen molar-refractivity contribution in [2.75, 3.05) is 24.5 Å². The third kappa shape index (κ3) is 4.61. The van der Waals surface area contributed by atoms with Crippen molar-refractivity contribution in [3.05, 3.63) is 73.1 Å². The number of carbonyl (C=O) groups excluding carboxylic acids is 1. The van der Waals surface area contributed by atoms with Crippen molar-refractivity contribution in [3.8, 4) is 0 Å². The van der Waals surface area contributed by atoms with E-state index in [-0.39, 0.29) is 17.3 Å². The maximum Gasteiger partial charge on any atom is 0.243 e. The van der Waals surface area contributed by atoms with Gasteiger partial charge in [-0.3, -0.25) is 14.4 Å². The van der Waals surface area contributed by atoms with Crippen LogP contribution in [0.25, 0.3) is 10.2 Å². The molecule has 1 amide bonds. The lowest BCUT2D eigenvalue weighted by Gasteiger charge is -2.33. The molecule has 2 aromatic carbocycles. The standard InChI is InChI=1S/C24H25N5O3S2/c30-23(19-8-6-15-28(18-19)34(31,32)20-9-2-1-3-10-20)29(17-16-27-14-7-13-25-27)24-26-21-11-4-5-12-22(21)33-24/h1-5,7,9-14,19H,6,8,15-18H2. The molecule has 0 bridgehead atoms. The van der Waals surface area contributed by atoms with Crippen LogP contribution in [-0.2, 0) is 21.4 Å². The zero-order valence-electron chi connectivity index (χ0n) is 18.5. The SMILES string of the molecule is O=C(C1CCCN(S(=O)(=O)c2ccccc2)C1)N(CCn1cccn1)c1nc2ccccc2s1. The van der Waals surface area contributed by atoms with Crippen LogP contribution in [0.1, 0.15) is 12.8 Å². The van der Waals surface area contributed by atoms with Gasteiger partial charge in [0.25, 0.3) is 0 Å². The van der Waals surface area contributed by atoms with E-state index in [1.54, 1.807) is 46.1 Å². The Balaban J connectivity index is 1.40. The van der Waals surface area contributed by atoms with E-state index in [2.05, 4.69) is 5.10 Å². The Bertz CT molecular complexity index is 1340. The Kier molecular flexibility index (Phi) is 6.44. The van der Waals surface area contributed by atoms with E-state index < -0.39 is 15.9 Å². The third-order valence-electron chi connectivity index (χ3n) is 6.01. The van der Waals surface area contributed by atoms with Gasteiger partial charge in [0.15, 0.2) is 5.13 Å². The number of sulfonamides is 1. The molecule has 0 spiro atoms. The fourth-order valence-electron chi connectivity index (χ4n) is 4.23. The minimum atomic E-state index is -3.65. The maximum absolute atomic E-state index is 13.8. The molecule has 1 atom stereocenters. The number of aromatic nitrogens is 3. The minimum Gasteiger partial charge on any atom is -0.286 e. The zero-order chi connectivity index (χ0) is 23.5. The van der Waals surface area contributed by atoms with Crippen LogP contribution in [-0.4, -0.2) is 53.0 Å². The number of rotatable bonds is 7. The van der Waals surface area contributed by atoms with Gasteiger partial charge in [-0.15, -0.1) is 0 Å². The van der Waals surface area contributed by atoms with Gasteiger partial charge in [0.05, 0.1) is 27.6 Å². The number of anilines is 1. The molecule has 8 nitrogen and oxygen atoms in total. The molecule has 0 saturated carbocycles. The van der Waals surface area contributed by atoms with Gasteiger partial charge in [-0.25, -0.2) is 13.4 Å². The van der Waals surface area contributed by atoms with Crippen molar-refractivity contribution in [1.29, 1.82) is 0 Å². The molecule has 0 radical (unpaired) electrons. The van der Waals surface area contributed by atoms with E-state index in [0.29, 0.717) is 37.6 Å². The molecule has 1 saturated heterocycles. The smallest absolute Gasteiger partial charge is 0.243 e. The second-order valence-corrected chi connectivity index (χ2v) is 11.2. The van der Waals surface area contributed by atoms with Crippen LogP contribution >= 0.6 is 11.3 Å². The monoisotopic (exact) mass is 495 g/mol. The van der Waals surface area contributed by atoms with Gasteiger partial charge >= 0.3 is 0 Å². The lowest BCUT2D eigenvalue weighted by atomic mass is 9.98. The number of nitrogens with zero attached hydrogens (tertiary/aromatic N) is 5. The van der Waals surface area contributed by atoms with Crippen LogP contribution in [0.5, 0.6) is 0 Å². The first-order valence-electron chi connectivity index (χ1n) is 11.2. The summed E-state index contributed by atoms with van der Waals surface area (Å²) in [6, 6.07) is 18.0. The molecule has 176 valence electrons. The number of carbonyl (C=O) groups is 1. The first-order chi connectivity index (χ1) is 16.5. The number of benzene rings is 2. The molecule has 0 N–H and O–H groups in total. The molecule has 1 aliphatic heterocycles. The summed E-state index contributed by atoms with van der Waals surface area (Å²) >= 11 is 1.47. The van der Waals surface area contributed by atoms with Crippen LogP contribution in [0.2, 0.25) is 0 Å². The summed E-state index contributed by atoms with van der Waals surface area (Å²) in [5.41, 5.74) is 0.844. The molecule has 0 aliphatic carbocycles. The molecule has 34 heavy (non-hydrogen) atoms. The summed E-state index contributed by atoms with van der Waals surface area (Å²) in [6.07, 6.45) is 4.84. The number of hydrogen-bond acceptors (Lipinski definition) is 6. The highest BCUT2D eigenvalue weighted by atomic mass is 32.2. The Morgan fingerprint density at radius 1 is 1.09 bits per heavy atom. The Morgan fingerprint density at radius 3 is 2.65 bits per heavy atom. The topological polar surface area (TPSA) is 88.4 Å². The summed E-state index contributed by atoms with van der Waals surface area (Å²) in [4.78, 5) is 20.5. The molecule has 1 aliphatic rings. The largest absolute Gasteiger partial charge is 0.286 e. The second kappa shape index (κ2) is 9.65. The summed E-state index contributed by atoms with van der Waals surface area (Å²) in [7, 11) is -3.65. The number of amides is 1. The fraction of sp³-hybridized carbons (Fsp3) is 0.292. The average molecular weight is 496 g/mol. The van der Waals surface area contributed by atoms with Gasteiger partial charge in [-0.2, -0.15) is 9.40 Å². The molecule has 5 rings (SSSR count). The van der Waals surface area contributed by atoms with Crippen LogP contribution in [0.15, 0.2) is 78.0 Å². The van der Waals surface area contributed by atoms with Gasteiger partial charge in [0, 0.05) is 32.0 Å². The normalized spacial score (nSPS) is 17.1. The first-order valence-corrected chi connectivity index (χ1v) is 13.5. The van der Waals surface area contributed by atoms with Gasteiger partial charge < -0.3 is 0 Å². The molecule has 2 aromatic heterocycles. The van der Waals surface area contributed by atoms with E-state index >= 15 is 0 Å². The average Bonchev–Trinajstić information content (AvgIpc) is 3.54. The van der Waals surface area contributed by atoms with Crippen molar-refractivity contribution in [3.63, 3.8) is 0 Å². The fourth-order valence-corrected chi connectivity index (χ4v) is 6.78.